The average molecular weight is 388 g/mol. The number of halogens is 1. The summed E-state index contributed by atoms with van der Waals surface area (Å²) >= 11 is 0. The Morgan fingerprint density at radius 2 is 1.83 bits per heavy atom. The molecule has 1 heterocycles. The number of hydrogen-bond acceptors (Lipinski definition) is 2. The van der Waals surface area contributed by atoms with Gasteiger partial charge in [-0.25, -0.2) is 9.07 Å². The van der Waals surface area contributed by atoms with Crippen molar-refractivity contribution in [2.45, 2.75) is 39.0 Å². The number of carbonyl (C=O) groups is 1. The summed E-state index contributed by atoms with van der Waals surface area (Å²) in [6.07, 6.45) is 6.88. The molecule has 148 valence electrons. The van der Waals surface area contributed by atoms with Crippen LogP contribution in [0.1, 0.15) is 44.0 Å². The van der Waals surface area contributed by atoms with Gasteiger partial charge < -0.3 is 0 Å². The first-order chi connectivity index (χ1) is 13.8. The molecule has 0 saturated carbocycles. The molecule has 0 fully saturated rings. The van der Waals surface area contributed by atoms with Crippen molar-refractivity contribution in [3.8, 4) is 5.69 Å². The Bertz CT molecular complexity index is 1060. The number of aromatic nitrogens is 2. The highest BCUT2D eigenvalue weighted by Crippen LogP contribution is 2.38. The minimum atomic E-state index is -0.560. The van der Waals surface area contributed by atoms with Gasteiger partial charge in [-0.1, -0.05) is 50.3 Å². The van der Waals surface area contributed by atoms with Crippen LogP contribution in [-0.4, -0.2) is 15.6 Å². The summed E-state index contributed by atoms with van der Waals surface area (Å²) in [5.41, 5.74) is 3.16. The Morgan fingerprint density at radius 1 is 1.14 bits per heavy atom. The van der Waals surface area contributed by atoms with Gasteiger partial charge in [0.25, 0.3) is 0 Å². The lowest BCUT2D eigenvalue weighted by Crippen LogP contribution is -2.35. The maximum atomic E-state index is 13.3. The van der Waals surface area contributed by atoms with Crippen LogP contribution in [0.4, 0.5) is 4.39 Å². The van der Waals surface area contributed by atoms with E-state index in [2.05, 4.69) is 31.1 Å². The number of allylic oxidation sites excluding steroid dienone is 1. The molecule has 0 aliphatic heterocycles. The molecular weight excluding hydrogens is 363 g/mol. The maximum Gasteiger partial charge on any atom is 0.143 e. The quantitative estimate of drug-likeness (QED) is 0.576. The number of carbonyl (C=O) groups excluding carboxylic acids is 1. The topological polar surface area (TPSA) is 34.9 Å². The molecule has 3 aromatic rings. The van der Waals surface area contributed by atoms with Crippen LogP contribution in [0, 0.1) is 11.2 Å². The molecule has 1 unspecified atom stereocenters. The molecule has 4 heteroatoms. The van der Waals surface area contributed by atoms with Crippen molar-refractivity contribution in [2.75, 3.05) is 0 Å². The van der Waals surface area contributed by atoms with Gasteiger partial charge in [-0.05, 0) is 60.2 Å². The summed E-state index contributed by atoms with van der Waals surface area (Å²) in [5.74, 6) is -0.0488. The molecule has 1 atom stereocenters. The van der Waals surface area contributed by atoms with Crippen LogP contribution in [0.25, 0.3) is 11.8 Å². The molecule has 2 aromatic carbocycles. The fraction of sp³-hybridized carbons (Fsp3) is 0.280. The summed E-state index contributed by atoms with van der Waals surface area (Å²) in [7, 11) is 0. The Kier molecular flexibility index (Phi) is 4.73. The first-order valence-electron chi connectivity index (χ1n) is 9.89. The third-order valence-electron chi connectivity index (χ3n) is 5.92. The zero-order valence-electron chi connectivity index (χ0n) is 17.0. The fourth-order valence-electron chi connectivity index (χ4n) is 4.00. The number of nitrogens with zero attached hydrogens (tertiary/aromatic N) is 2. The Hall–Kier alpha value is -3.01. The monoisotopic (exact) mass is 388 g/mol. The van der Waals surface area contributed by atoms with E-state index in [-0.39, 0.29) is 17.0 Å². The third-order valence-corrected chi connectivity index (χ3v) is 5.92. The zero-order valence-corrected chi connectivity index (χ0v) is 17.0. The van der Waals surface area contributed by atoms with E-state index in [1.807, 2.05) is 43.5 Å². The molecule has 0 amide bonds. The van der Waals surface area contributed by atoms with Crippen LogP contribution in [0.2, 0.25) is 0 Å². The first-order valence-corrected chi connectivity index (χ1v) is 9.89. The second-order valence-electron chi connectivity index (χ2n) is 8.72. The molecule has 1 aromatic heterocycles. The highest BCUT2D eigenvalue weighted by atomic mass is 19.1. The van der Waals surface area contributed by atoms with E-state index in [1.54, 1.807) is 16.8 Å². The maximum absolute atomic E-state index is 13.3. The molecule has 0 saturated heterocycles. The van der Waals surface area contributed by atoms with Crippen LogP contribution < -0.4 is 0 Å². The summed E-state index contributed by atoms with van der Waals surface area (Å²) in [6.45, 7) is 6.24. The molecule has 1 aliphatic rings. The Morgan fingerprint density at radius 3 is 2.52 bits per heavy atom. The SMILES string of the molecule is CC1(C(=O)CC(C)(C)c2ccccc2)C=Cc2c(cnn2-c2ccc(F)cc2)C1. The van der Waals surface area contributed by atoms with Crippen molar-refractivity contribution >= 4 is 11.9 Å². The van der Waals surface area contributed by atoms with E-state index < -0.39 is 5.41 Å². The molecule has 0 bridgehead atoms. The Labute approximate surface area is 170 Å². The van der Waals surface area contributed by atoms with Crippen molar-refractivity contribution in [3.05, 3.63) is 89.5 Å². The highest BCUT2D eigenvalue weighted by Gasteiger charge is 2.38. The summed E-state index contributed by atoms with van der Waals surface area (Å²) in [4.78, 5) is 13.3. The molecular formula is C25H25FN2O. The van der Waals surface area contributed by atoms with Crippen molar-refractivity contribution in [2.24, 2.45) is 5.41 Å². The van der Waals surface area contributed by atoms with Gasteiger partial charge in [-0.3, -0.25) is 4.79 Å². The van der Waals surface area contributed by atoms with Crippen LogP contribution in [0.3, 0.4) is 0 Å². The lowest BCUT2D eigenvalue weighted by Gasteiger charge is -2.32. The van der Waals surface area contributed by atoms with Crippen LogP contribution in [0.15, 0.2) is 66.9 Å². The molecule has 0 spiro atoms. The standard InChI is InChI=1S/C25H25FN2O/c1-24(2,19-7-5-4-6-8-19)16-23(29)25(3)14-13-22-18(15-25)17-27-28(22)21-11-9-20(26)10-12-21/h4-14,17H,15-16H2,1-3H3. The predicted molar refractivity (Wildman–Crippen MR) is 113 cm³/mol. The van der Waals surface area contributed by atoms with Gasteiger partial charge in [-0.15, -0.1) is 0 Å². The lowest BCUT2D eigenvalue weighted by atomic mass is 9.70. The highest BCUT2D eigenvalue weighted by molar-refractivity contribution is 5.89. The number of hydrogen-bond donors (Lipinski definition) is 0. The van der Waals surface area contributed by atoms with E-state index in [9.17, 15) is 9.18 Å². The van der Waals surface area contributed by atoms with E-state index in [1.165, 1.54) is 17.7 Å². The van der Waals surface area contributed by atoms with Gasteiger partial charge in [0.15, 0.2) is 0 Å². The van der Waals surface area contributed by atoms with Crippen LogP contribution in [-0.2, 0) is 16.6 Å². The molecule has 3 nitrogen and oxygen atoms in total. The van der Waals surface area contributed by atoms with Gasteiger partial charge in [0.2, 0.25) is 0 Å². The van der Waals surface area contributed by atoms with Crippen molar-refractivity contribution in [1.82, 2.24) is 9.78 Å². The second-order valence-corrected chi connectivity index (χ2v) is 8.72. The second kappa shape index (κ2) is 7.11. The lowest BCUT2D eigenvalue weighted by molar-refractivity contribution is -0.126. The predicted octanol–water partition coefficient (Wildman–Crippen LogP) is 5.52. The number of benzene rings is 2. The van der Waals surface area contributed by atoms with Crippen LogP contribution in [0.5, 0.6) is 0 Å². The third kappa shape index (κ3) is 3.67. The van der Waals surface area contributed by atoms with Gasteiger partial charge >= 0.3 is 0 Å². The molecule has 29 heavy (non-hydrogen) atoms. The average Bonchev–Trinajstić information content (AvgIpc) is 3.11. The Balaban J connectivity index is 1.57. The van der Waals surface area contributed by atoms with Gasteiger partial charge in [0.1, 0.15) is 11.6 Å². The minimum absolute atomic E-state index is 0.225. The van der Waals surface area contributed by atoms with Crippen molar-refractivity contribution < 1.29 is 9.18 Å². The molecule has 1 aliphatic carbocycles. The number of fused-ring (bicyclic) bond motifs is 1. The molecule has 0 radical (unpaired) electrons. The van der Waals surface area contributed by atoms with E-state index in [4.69, 9.17) is 0 Å². The first kappa shape index (κ1) is 19.3. The summed E-state index contributed by atoms with van der Waals surface area (Å²) in [6, 6.07) is 16.4. The minimum Gasteiger partial charge on any atom is -0.299 e. The van der Waals surface area contributed by atoms with Crippen LogP contribution >= 0.6 is 0 Å². The summed E-state index contributed by atoms with van der Waals surface area (Å²) < 4.78 is 15.0. The van der Waals surface area contributed by atoms with Crippen molar-refractivity contribution in [3.63, 3.8) is 0 Å². The van der Waals surface area contributed by atoms with Gasteiger partial charge in [-0.2, -0.15) is 5.10 Å². The van der Waals surface area contributed by atoms with Crippen molar-refractivity contribution in [1.29, 1.82) is 0 Å². The zero-order chi connectivity index (χ0) is 20.6. The van der Waals surface area contributed by atoms with Gasteiger partial charge in [0, 0.05) is 11.8 Å². The fourth-order valence-corrected chi connectivity index (χ4v) is 4.00. The largest absolute Gasteiger partial charge is 0.299 e. The number of ketones is 1. The van der Waals surface area contributed by atoms with E-state index in [0.29, 0.717) is 12.8 Å². The van der Waals surface area contributed by atoms with E-state index >= 15 is 0 Å². The number of Topliss-reactive ketones (excluding diaryl/α,β-unsaturated/α-hetero) is 1. The number of rotatable bonds is 5. The summed E-state index contributed by atoms with van der Waals surface area (Å²) in [5, 5.41) is 4.48. The normalized spacial score (nSPS) is 18.5. The van der Waals surface area contributed by atoms with Gasteiger partial charge in [0.05, 0.1) is 17.6 Å². The van der Waals surface area contributed by atoms with E-state index in [0.717, 1.165) is 16.9 Å². The molecule has 0 N–H and O–H groups in total. The smallest absolute Gasteiger partial charge is 0.143 e. The molecule has 4 rings (SSSR count).